The maximum absolute atomic E-state index is 4.61. The molecule has 3 aromatic heterocycles. The van der Waals surface area contributed by atoms with Gasteiger partial charge in [-0.3, -0.25) is 4.98 Å². The van der Waals surface area contributed by atoms with Crippen molar-refractivity contribution in [2.24, 2.45) is 0 Å². The van der Waals surface area contributed by atoms with Gasteiger partial charge in [-0.15, -0.1) is 0 Å². The second-order valence-electron chi connectivity index (χ2n) is 5.38. The second kappa shape index (κ2) is 5.11. The molecule has 0 spiro atoms. The first-order valence-electron chi connectivity index (χ1n) is 7.26. The molecule has 0 aliphatic heterocycles. The lowest BCUT2D eigenvalue weighted by Crippen LogP contribution is -1.91. The topological polar surface area (TPSA) is 30.2 Å². The molecular formula is C19H15N3. The number of aromatic nitrogens is 3. The summed E-state index contributed by atoms with van der Waals surface area (Å²) < 4.78 is 2.03. The highest BCUT2D eigenvalue weighted by molar-refractivity contribution is 5.80. The van der Waals surface area contributed by atoms with Crippen LogP contribution in [0.15, 0.2) is 73.3 Å². The SMILES string of the molecule is Cc1cccc(-c2ncccc2-c2ccc3nccn3c2)c1. The standard InChI is InChI=1S/C19H15N3/c1-14-4-2-5-15(12-14)19-17(6-3-9-21-19)16-7-8-18-20-10-11-22(18)13-16/h2-13H,1H3. The Hall–Kier alpha value is -2.94. The van der Waals surface area contributed by atoms with Crippen molar-refractivity contribution < 1.29 is 0 Å². The summed E-state index contributed by atoms with van der Waals surface area (Å²) in [6.07, 6.45) is 7.71. The fourth-order valence-electron chi connectivity index (χ4n) is 2.74. The van der Waals surface area contributed by atoms with Gasteiger partial charge >= 0.3 is 0 Å². The van der Waals surface area contributed by atoms with E-state index in [-0.39, 0.29) is 0 Å². The van der Waals surface area contributed by atoms with Crippen LogP contribution in [0.4, 0.5) is 0 Å². The number of hydrogen-bond donors (Lipinski definition) is 0. The summed E-state index contributed by atoms with van der Waals surface area (Å²) in [5.41, 5.74) is 6.59. The predicted molar refractivity (Wildman–Crippen MR) is 88.6 cm³/mol. The van der Waals surface area contributed by atoms with Crippen LogP contribution in [-0.2, 0) is 0 Å². The van der Waals surface area contributed by atoms with E-state index in [4.69, 9.17) is 0 Å². The summed E-state index contributed by atoms with van der Waals surface area (Å²) in [5, 5.41) is 0. The normalized spacial score (nSPS) is 11.0. The van der Waals surface area contributed by atoms with Crippen molar-refractivity contribution in [3.63, 3.8) is 0 Å². The predicted octanol–water partition coefficient (Wildman–Crippen LogP) is 4.37. The number of rotatable bonds is 2. The van der Waals surface area contributed by atoms with Crippen LogP contribution in [0.2, 0.25) is 0 Å². The lowest BCUT2D eigenvalue weighted by Gasteiger charge is -2.10. The molecule has 4 aromatic rings. The fourth-order valence-corrected chi connectivity index (χ4v) is 2.74. The van der Waals surface area contributed by atoms with Crippen LogP contribution in [0, 0.1) is 6.92 Å². The minimum Gasteiger partial charge on any atom is -0.306 e. The van der Waals surface area contributed by atoms with Gasteiger partial charge in [0, 0.05) is 41.5 Å². The van der Waals surface area contributed by atoms with Gasteiger partial charge in [0.2, 0.25) is 0 Å². The van der Waals surface area contributed by atoms with Crippen molar-refractivity contribution in [3.8, 4) is 22.4 Å². The zero-order valence-electron chi connectivity index (χ0n) is 12.3. The van der Waals surface area contributed by atoms with Gasteiger partial charge in [0.05, 0.1) is 5.69 Å². The quantitative estimate of drug-likeness (QED) is 0.547. The highest BCUT2D eigenvalue weighted by atomic mass is 15.0. The molecule has 0 saturated carbocycles. The van der Waals surface area contributed by atoms with Gasteiger partial charge in [0.1, 0.15) is 5.65 Å². The Balaban J connectivity index is 1.92. The minimum absolute atomic E-state index is 0.949. The third-order valence-corrected chi connectivity index (χ3v) is 3.80. The molecule has 0 aliphatic rings. The van der Waals surface area contributed by atoms with Crippen LogP contribution in [0.25, 0.3) is 28.0 Å². The Morgan fingerprint density at radius 1 is 0.864 bits per heavy atom. The van der Waals surface area contributed by atoms with Crippen LogP contribution in [0.1, 0.15) is 5.56 Å². The minimum atomic E-state index is 0.949. The number of hydrogen-bond acceptors (Lipinski definition) is 2. The lowest BCUT2D eigenvalue weighted by atomic mass is 9.99. The number of aryl methyl sites for hydroxylation is 1. The van der Waals surface area contributed by atoms with E-state index < -0.39 is 0 Å². The van der Waals surface area contributed by atoms with E-state index in [2.05, 4.69) is 59.5 Å². The van der Waals surface area contributed by atoms with E-state index in [1.54, 1.807) is 0 Å². The van der Waals surface area contributed by atoms with Gasteiger partial charge in [-0.1, -0.05) is 29.8 Å². The third kappa shape index (κ3) is 2.17. The summed E-state index contributed by atoms with van der Waals surface area (Å²) in [5.74, 6) is 0. The number of pyridine rings is 2. The summed E-state index contributed by atoms with van der Waals surface area (Å²) in [4.78, 5) is 8.90. The van der Waals surface area contributed by atoms with Crippen molar-refractivity contribution in [2.75, 3.05) is 0 Å². The van der Waals surface area contributed by atoms with Crippen molar-refractivity contribution in [1.29, 1.82) is 0 Å². The first-order valence-corrected chi connectivity index (χ1v) is 7.26. The molecule has 3 nitrogen and oxygen atoms in total. The number of nitrogens with zero attached hydrogens (tertiary/aromatic N) is 3. The van der Waals surface area contributed by atoms with Crippen LogP contribution in [0.3, 0.4) is 0 Å². The average Bonchev–Trinajstić information content (AvgIpc) is 3.02. The lowest BCUT2D eigenvalue weighted by molar-refractivity contribution is 1.19. The van der Waals surface area contributed by atoms with E-state index in [0.29, 0.717) is 0 Å². The van der Waals surface area contributed by atoms with Gasteiger partial charge < -0.3 is 4.40 Å². The maximum atomic E-state index is 4.61. The smallest absolute Gasteiger partial charge is 0.136 e. The van der Waals surface area contributed by atoms with Gasteiger partial charge in [-0.05, 0) is 31.2 Å². The first kappa shape index (κ1) is 12.8. The summed E-state index contributed by atoms with van der Waals surface area (Å²) in [7, 11) is 0. The molecule has 1 aromatic carbocycles. The molecule has 0 atom stereocenters. The van der Waals surface area contributed by atoms with Crippen molar-refractivity contribution in [2.45, 2.75) is 6.92 Å². The van der Waals surface area contributed by atoms with Gasteiger partial charge in [-0.2, -0.15) is 0 Å². The van der Waals surface area contributed by atoms with Crippen LogP contribution >= 0.6 is 0 Å². The Labute approximate surface area is 128 Å². The van der Waals surface area contributed by atoms with E-state index in [1.165, 1.54) is 5.56 Å². The van der Waals surface area contributed by atoms with E-state index in [9.17, 15) is 0 Å². The molecule has 0 radical (unpaired) electrons. The Bertz CT molecular complexity index is 953. The molecule has 0 unspecified atom stereocenters. The largest absolute Gasteiger partial charge is 0.306 e. The zero-order chi connectivity index (χ0) is 14.9. The van der Waals surface area contributed by atoms with Gasteiger partial charge in [-0.25, -0.2) is 4.98 Å². The monoisotopic (exact) mass is 285 g/mol. The average molecular weight is 285 g/mol. The molecule has 0 N–H and O–H groups in total. The molecule has 0 saturated heterocycles. The Morgan fingerprint density at radius 2 is 1.82 bits per heavy atom. The number of imidazole rings is 1. The highest BCUT2D eigenvalue weighted by Crippen LogP contribution is 2.30. The maximum Gasteiger partial charge on any atom is 0.136 e. The summed E-state index contributed by atoms with van der Waals surface area (Å²) in [6, 6.07) is 16.7. The van der Waals surface area contributed by atoms with Crippen molar-refractivity contribution >= 4 is 5.65 Å². The zero-order valence-corrected chi connectivity index (χ0v) is 12.3. The van der Waals surface area contributed by atoms with Crippen molar-refractivity contribution in [3.05, 3.63) is 78.9 Å². The molecule has 22 heavy (non-hydrogen) atoms. The molecule has 106 valence electrons. The highest BCUT2D eigenvalue weighted by Gasteiger charge is 2.09. The molecule has 0 bridgehead atoms. The molecule has 3 heteroatoms. The molecule has 3 heterocycles. The Kier molecular flexibility index (Phi) is 2.97. The fraction of sp³-hybridized carbons (Fsp3) is 0.0526. The molecule has 0 amide bonds. The summed E-state index contributed by atoms with van der Waals surface area (Å²) >= 11 is 0. The molecule has 0 fully saturated rings. The number of fused-ring (bicyclic) bond motifs is 1. The molecule has 0 aliphatic carbocycles. The van der Waals surface area contributed by atoms with Gasteiger partial charge in [0.15, 0.2) is 0 Å². The third-order valence-electron chi connectivity index (χ3n) is 3.80. The van der Waals surface area contributed by atoms with Crippen LogP contribution in [-0.4, -0.2) is 14.4 Å². The summed E-state index contributed by atoms with van der Waals surface area (Å²) in [6.45, 7) is 2.10. The van der Waals surface area contributed by atoms with E-state index >= 15 is 0 Å². The first-order chi connectivity index (χ1) is 10.8. The van der Waals surface area contributed by atoms with E-state index in [1.807, 2.05) is 35.1 Å². The van der Waals surface area contributed by atoms with Gasteiger partial charge in [0.25, 0.3) is 0 Å². The molecule has 4 rings (SSSR count). The molecular weight excluding hydrogens is 270 g/mol. The van der Waals surface area contributed by atoms with Crippen LogP contribution in [0.5, 0.6) is 0 Å². The second-order valence-corrected chi connectivity index (χ2v) is 5.38. The van der Waals surface area contributed by atoms with Crippen molar-refractivity contribution in [1.82, 2.24) is 14.4 Å². The van der Waals surface area contributed by atoms with E-state index in [0.717, 1.165) is 28.0 Å². The number of benzene rings is 1. The van der Waals surface area contributed by atoms with Crippen LogP contribution < -0.4 is 0 Å². The Morgan fingerprint density at radius 3 is 2.73 bits per heavy atom.